The minimum absolute atomic E-state index is 0.0179. The van der Waals surface area contributed by atoms with E-state index in [2.05, 4.69) is 20.8 Å². The third-order valence-electron chi connectivity index (χ3n) is 4.73. The first kappa shape index (κ1) is 20.7. The molecule has 3 aromatic carbocycles. The van der Waals surface area contributed by atoms with Crippen molar-refractivity contribution in [2.45, 2.75) is 18.6 Å². The number of halogens is 1. The lowest BCUT2D eigenvalue weighted by atomic mass is 10.0. The van der Waals surface area contributed by atoms with Crippen molar-refractivity contribution in [2.24, 2.45) is 10.2 Å². The molecule has 31 heavy (non-hydrogen) atoms. The maximum absolute atomic E-state index is 13.0. The molecule has 0 aliphatic carbocycles. The second-order valence-corrected chi connectivity index (χ2v) is 8.20. The minimum Gasteiger partial charge on any atom is -0.325 e. The van der Waals surface area contributed by atoms with Gasteiger partial charge in [0, 0.05) is 12.1 Å². The van der Waals surface area contributed by atoms with Crippen LogP contribution in [0.2, 0.25) is 0 Å². The van der Waals surface area contributed by atoms with E-state index in [4.69, 9.17) is 0 Å². The maximum atomic E-state index is 13.0. The van der Waals surface area contributed by atoms with Crippen LogP contribution in [0.1, 0.15) is 18.9 Å². The zero-order valence-corrected chi connectivity index (χ0v) is 17.4. The van der Waals surface area contributed by atoms with Crippen LogP contribution in [-0.2, 0) is 9.59 Å². The summed E-state index contributed by atoms with van der Waals surface area (Å²) >= 11 is 1.13. The molecule has 1 saturated heterocycles. The van der Waals surface area contributed by atoms with Gasteiger partial charge in [-0.15, -0.1) is 5.10 Å². The van der Waals surface area contributed by atoms with Gasteiger partial charge in [-0.05, 0) is 53.6 Å². The minimum atomic E-state index is -0.659. The summed E-state index contributed by atoms with van der Waals surface area (Å²) in [6, 6.07) is 19.5. The van der Waals surface area contributed by atoms with Crippen LogP contribution in [0.4, 0.5) is 10.1 Å². The summed E-state index contributed by atoms with van der Waals surface area (Å²) in [5.74, 6) is -1.05. The van der Waals surface area contributed by atoms with E-state index in [9.17, 15) is 14.0 Å². The van der Waals surface area contributed by atoms with E-state index in [1.807, 2.05) is 49.4 Å². The molecule has 0 bridgehead atoms. The number of benzene rings is 3. The summed E-state index contributed by atoms with van der Waals surface area (Å²) in [5, 5.41) is 15.6. The Morgan fingerprint density at radius 1 is 1.10 bits per heavy atom. The average molecular weight is 434 g/mol. The van der Waals surface area contributed by atoms with Crippen LogP contribution >= 0.6 is 11.8 Å². The monoisotopic (exact) mass is 434 g/mol. The Labute approximate surface area is 182 Å². The van der Waals surface area contributed by atoms with Crippen molar-refractivity contribution in [1.82, 2.24) is 5.32 Å². The molecule has 0 saturated carbocycles. The van der Waals surface area contributed by atoms with Crippen LogP contribution in [0.5, 0.6) is 0 Å². The standard InChI is InChI=1S/C23H19FN4O2S/c1-14(16-7-6-15-4-2-3-5-17(15)12-16)27-28-23-26-21(29)13-20(31-23)22(30)25-19-10-8-18(24)9-11-19/h2-12,20H,13H2,1H3,(H,25,30)(H,26,28,29)/b27-14+/t20-/m1/s1. The molecule has 1 aliphatic rings. The molecule has 0 aromatic heterocycles. The molecule has 156 valence electrons. The van der Waals surface area contributed by atoms with Gasteiger partial charge in [0.05, 0.1) is 5.71 Å². The number of nitrogens with zero attached hydrogens (tertiary/aromatic N) is 2. The first-order valence-corrected chi connectivity index (χ1v) is 10.5. The number of anilines is 1. The summed E-state index contributed by atoms with van der Waals surface area (Å²) < 4.78 is 13.0. The molecular weight excluding hydrogens is 415 g/mol. The summed E-state index contributed by atoms with van der Waals surface area (Å²) in [7, 11) is 0. The molecule has 6 nitrogen and oxygen atoms in total. The molecule has 1 fully saturated rings. The van der Waals surface area contributed by atoms with Crippen LogP contribution in [0.15, 0.2) is 76.9 Å². The van der Waals surface area contributed by atoms with Gasteiger partial charge in [-0.1, -0.05) is 48.2 Å². The van der Waals surface area contributed by atoms with Crippen molar-refractivity contribution in [1.29, 1.82) is 0 Å². The van der Waals surface area contributed by atoms with E-state index >= 15 is 0 Å². The molecule has 2 N–H and O–H groups in total. The highest BCUT2D eigenvalue weighted by atomic mass is 32.2. The van der Waals surface area contributed by atoms with Gasteiger partial charge in [0.1, 0.15) is 11.1 Å². The third kappa shape index (κ3) is 5.16. The fourth-order valence-electron chi connectivity index (χ4n) is 3.09. The Hall–Kier alpha value is -3.52. The van der Waals surface area contributed by atoms with Gasteiger partial charge < -0.3 is 10.6 Å². The number of fused-ring (bicyclic) bond motifs is 1. The van der Waals surface area contributed by atoms with Gasteiger partial charge in [0.15, 0.2) is 5.17 Å². The van der Waals surface area contributed by atoms with Gasteiger partial charge in [0.2, 0.25) is 11.8 Å². The Bertz CT molecular complexity index is 1210. The highest BCUT2D eigenvalue weighted by Gasteiger charge is 2.30. The fourth-order valence-corrected chi connectivity index (χ4v) is 4.02. The Kier molecular flexibility index (Phi) is 6.08. The Morgan fingerprint density at radius 2 is 1.84 bits per heavy atom. The van der Waals surface area contributed by atoms with E-state index < -0.39 is 11.1 Å². The van der Waals surface area contributed by atoms with Gasteiger partial charge in [-0.3, -0.25) is 9.59 Å². The van der Waals surface area contributed by atoms with Crippen LogP contribution in [0.25, 0.3) is 10.8 Å². The number of amides is 2. The molecule has 8 heteroatoms. The lowest BCUT2D eigenvalue weighted by Gasteiger charge is -2.21. The predicted molar refractivity (Wildman–Crippen MR) is 123 cm³/mol. The smallest absolute Gasteiger partial charge is 0.238 e. The number of carbonyl (C=O) groups is 2. The summed E-state index contributed by atoms with van der Waals surface area (Å²) in [6.45, 7) is 1.84. The molecule has 1 aliphatic heterocycles. The quantitative estimate of drug-likeness (QED) is 0.474. The van der Waals surface area contributed by atoms with E-state index in [0.29, 0.717) is 11.4 Å². The summed E-state index contributed by atoms with van der Waals surface area (Å²) in [6.07, 6.45) is 0.0179. The van der Waals surface area contributed by atoms with Crippen molar-refractivity contribution in [2.75, 3.05) is 5.32 Å². The molecule has 1 atom stereocenters. The zero-order valence-electron chi connectivity index (χ0n) is 16.6. The molecule has 3 aromatic rings. The maximum Gasteiger partial charge on any atom is 0.238 e. The fraction of sp³-hybridized carbons (Fsp3) is 0.130. The number of rotatable bonds is 4. The van der Waals surface area contributed by atoms with Crippen molar-refractivity contribution < 1.29 is 14.0 Å². The molecule has 0 radical (unpaired) electrons. The summed E-state index contributed by atoms with van der Waals surface area (Å²) in [4.78, 5) is 24.6. The molecular formula is C23H19FN4O2S. The average Bonchev–Trinajstić information content (AvgIpc) is 2.78. The zero-order chi connectivity index (χ0) is 21.8. The molecule has 4 rings (SSSR count). The molecule has 2 amide bonds. The van der Waals surface area contributed by atoms with E-state index in [0.717, 1.165) is 28.1 Å². The first-order valence-electron chi connectivity index (χ1n) is 9.62. The summed E-state index contributed by atoms with van der Waals surface area (Å²) in [5.41, 5.74) is 2.06. The van der Waals surface area contributed by atoms with Crippen LogP contribution < -0.4 is 10.6 Å². The Morgan fingerprint density at radius 3 is 2.61 bits per heavy atom. The predicted octanol–water partition coefficient (Wildman–Crippen LogP) is 4.32. The lowest BCUT2D eigenvalue weighted by Crippen LogP contribution is -2.41. The highest BCUT2D eigenvalue weighted by molar-refractivity contribution is 8.15. The van der Waals surface area contributed by atoms with Crippen LogP contribution in [0, 0.1) is 5.82 Å². The number of carbonyl (C=O) groups excluding carboxylic acids is 2. The first-order chi connectivity index (χ1) is 15.0. The van der Waals surface area contributed by atoms with E-state index in [1.165, 1.54) is 24.3 Å². The number of nitrogens with one attached hydrogen (secondary N) is 2. The third-order valence-corrected chi connectivity index (χ3v) is 5.81. The van der Waals surface area contributed by atoms with Gasteiger partial charge in [0.25, 0.3) is 0 Å². The van der Waals surface area contributed by atoms with Crippen molar-refractivity contribution in [3.8, 4) is 0 Å². The Balaban J connectivity index is 1.48. The van der Waals surface area contributed by atoms with Crippen LogP contribution in [0.3, 0.4) is 0 Å². The molecule has 0 unspecified atom stereocenters. The van der Waals surface area contributed by atoms with Gasteiger partial charge in [-0.2, -0.15) is 5.10 Å². The lowest BCUT2D eigenvalue weighted by molar-refractivity contribution is -0.123. The number of thioether (sulfide) groups is 1. The van der Waals surface area contributed by atoms with E-state index in [-0.39, 0.29) is 23.4 Å². The molecule has 0 spiro atoms. The van der Waals surface area contributed by atoms with Crippen LogP contribution in [-0.4, -0.2) is 27.9 Å². The number of hydrogen-bond donors (Lipinski definition) is 2. The SMILES string of the molecule is C/C(=N\N=C1/NC(=O)C[C@H](C(=O)Nc2ccc(F)cc2)S1)c1ccc2ccccc2c1. The van der Waals surface area contributed by atoms with E-state index in [1.54, 1.807) is 0 Å². The largest absolute Gasteiger partial charge is 0.325 e. The van der Waals surface area contributed by atoms with Gasteiger partial charge >= 0.3 is 0 Å². The second-order valence-electron chi connectivity index (χ2n) is 7.01. The number of hydrogen-bond acceptors (Lipinski definition) is 5. The van der Waals surface area contributed by atoms with Crippen molar-refractivity contribution in [3.63, 3.8) is 0 Å². The van der Waals surface area contributed by atoms with Crippen molar-refractivity contribution >= 4 is 50.9 Å². The topological polar surface area (TPSA) is 82.9 Å². The van der Waals surface area contributed by atoms with Crippen molar-refractivity contribution in [3.05, 3.63) is 78.1 Å². The number of amidine groups is 1. The molecule has 1 heterocycles. The normalized spacial score (nSPS) is 18.1. The highest BCUT2D eigenvalue weighted by Crippen LogP contribution is 2.23. The second kappa shape index (κ2) is 9.09. The van der Waals surface area contributed by atoms with Gasteiger partial charge in [-0.25, -0.2) is 4.39 Å².